The Balaban J connectivity index is 2.32. The van der Waals surface area contributed by atoms with Gasteiger partial charge in [-0.3, -0.25) is 4.79 Å². The van der Waals surface area contributed by atoms with E-state index in [1.807, 2.05) is 0 Å². The zero-order valence-corrected chi connectivity index (χ0v) is 11.6. The van der Waals surface area contributed by atoms with Gasteiger partial charge in [0.2, 0.25) is 0 Å². The molecule has 0 saturated carbocycles. The molecule has 1 atom stereocenters. The Morgan fingerprint density at radius 3 is 2.95 bits per heavy atom. The van der Waals surface area contributed by atoms with Crippen LogP contribution in [0.3, 0.4) is 0 Å². The highest BCUT2D eigenvalue weighted by atomic mass is 35.5. The molecule has 0 bridgehead atoms. The van der Waals surface area contributed by atoms with E-state index in [2.05, 4.69) is 4.90 Å². The van der Waals surface area contributed by atoms with Crippen LogP contribution in [-0.2, 0) is 4.74 Å². The van der Waals surface area contributed by atoms with Crippen molar-refractivity contribution in [2.24, 2.45) is 11.7 Å². The Bertz CT molecular complexity index is 493. The van der Waals surface area contributed by atoms with Gasteiger partial charge in [0, 0.05) is 31.8 Å². The third-order valence-corrected chi connectivity index (χ3v) is 3.64. The van der Waals surface area contributed by atoms with E-state index in [0.29, 0.717) is 34.5 Å². The molecule has 1 aliphatic rings. The zero-order valence-electron chi connectivity index (χ0n) is 10.9. The van der Waals surface area contributed by atoms with Crippen LogP contribution in [0.1, 0.15) is 16.8 Å². The maximum Gasteiger partial charge on any atom is 0.250 e. The molecule has 19 heavy (non-hydrogen) atoms. The maximum absolute atomic E-state index is 11.5. The lowest BCUT2D eigenvalue weighted by Gasteiger charge is -2.23. The maximum atomic E-state index is 11.5. The zero-order chi connectivity index (χ0) is 14.0. The average Bonchev–Trinajstić information content (AvgIpc) is 2.76. The molecule has 0 radical (unpaired) electrons. The molecule has 5 nitrogen and oxygen atoms in total. The van der Waals surface area contributed by atoms with Crippen LogP contribution < -0.4 is 16.4 Å². The highest BCUT2D eigenvalue weighted by molar-refractivity contribution is 6.34. The van der Waals surface area contributed by atoms with E-state index in [-0.39, 0.29) is 0 Å². The number of hydrogen-bond donors (Lipinski definition) is 2. The predicted molar refractivity (Wildman–Crippen MR) is 76.6 cm³/mol. The third-order valence-electron chi connectivity index (χ3n) is 3.36. The van der Waals surface area contributed by atoms with Gasteiger partial charge in [-0.1, -0.05) is 11.6 Å². The number of nitrogens with zero attached hydrogens (tertiary/aromatic N) is 1. The summed E-state index contributed by atoms with van der Waals surface area (Å²) in [6.45, 7) is 2.34. The highest BCUT2D eigenvalue weighted by Gasteiger charge is 2.27. The quantitative estimate of drug-likeness (QED) is 0.821. The van der Waals surface area contributed by atoms with E-state index in [4.69, 9.17) is 27.8 Å². The second-order valence-electron chi connectivity index (χ2n) is 4.82. The van der Waals surface area contributed by atoms with Crippen LogP contribution in [0.4, 0.5) is 11.4 Å². The number of nitrogens with two attached hydrogens (primary N) is 2. The lowest BCUT2D eigenvalue weighted by molar-refractivity contribution is 0.100. The van der Waals surface area contributed by atoms with E-state index < -0.39 is 5.91 Å². The van der Waals surface area contributed by atoms with Crippen LogP contribution in [0.15, 0.2) is 12.1 Å². The molecule has 1 heterocycles. The van der Waals surface area contributed by atoms with E-state index in [0.717, 1.165) is 19.5 Å². The first-order valence-electron chi connectivity index (χ1n) is 6.15. The predicted octanol–water partition coefficient (Wildman–Crippen LogP) is 1.49. The second kappa shape index (κ2) is 5.67. The fraction of sp³-hybridized carbons (Fsp3) is 0.462. The molecule has 0 spiro atoms. The van der Waals surface area contributed by atoms with Crippen molar-refractivity contribution in [1.82, 2.24) is 0 Å². The van der Waals surface area contributed by atoms with Crippen molar-refractivity contribution >= 4 is 28.9 Å². The Hall–Kier alpha value is -1.46. The minimum absolute atomic E-state index is 0.378. The Labute approximate surface area is 117 Å². The Kier molecular flexibility index (Phi) is 4.17. The monoisotopic (exact) mass is 283 g/mol. The molecule has 2 rings (SSSR count). The number of benzene rings is 1. The van der Waals surface area contributed by atoms with E-state index in [1.54, 1.807) is 19.2 Å². The number of anilines is 2. The third kappa shape index (κ3) is 2.93. The van der Waals surface area contributed by atoms with Crippen molar-refractivity contribution in [3.05, 3.63) is 22.7 Å². The number of methoxy groups -OCH3 is 1. The summed E-state index contributed by atoms with van der Waals surface area (Å²) in [6, 6.07) is 3.22. The lowest BCUT2D eigenvalue weighted by Crippen LogP contribution is -2.25. The summed E-state index contributed by atoms with van der Waals surface area (Å²) in [5, 5.41) is 0.465. The van der Waals surface area contributed by atoms with Crippen LogP contribution in [0.5, 0.6) is 0 Å². The lowest BCUT2D eigenvalue weighted by atomic mass is 10.1. The topological polar surface area (TPSA) is 81.6 Å². The van der Waals surface area contributed by atoms with Gasteiger partial charge in [-0.15, -0.1) is 0 Å². The smallest absolute Gasteiger partial charge is 0.250 e. The molecule has 104 valence electrons. The first-order chi connectivity index (χ1) is 9.02. The van der Waals surface area contributed by atoms with Crippen molar-refractivity contribution in [3.8, 4) is 0 Å². The summed E-state index contributed by atoms with van der Waals surface area (Å²) in [6.07, 6.45) is 1.01. The van der Waals surface area contributed by atoms with Gasteiger partial charge in [0.15, 0.2) is 0 Å². The highest BCUT2D eigenvalue weighted by Crippen LogP contribution is 2.35. The molecule has 4 N–H and O–H groups in total. The summed E-state index contributed by atoms with van der Waals surface area (Å²) in [7, 11) is 1.69. The van der Waals surface area contributed by atoms with Crippen molar-refractivity contribution in [1.29, 1.82) is 0 Å². The SMILES string of the molecule is COCC1CCN(c2c(Cl)cc(N)cc2C(N)=O)C1. The minimum Gasteiger partial charge on any atom is -0.399 e. The van der Waals surface area contributed by atoms with E-state index in [1.165, 1.54) is 0 Å². The van der Waals surface area contributed by atoms with Gasteiger partial charge in [-0.05, 0) is 18.6 Å². The van der Waals surface area contributed by atoms with E-state index >= 15 is 0 Å². The minimum atomic E-state index is -0.514. The van der Waals surface area contributed by atoms with Gasteiger partial charge < -0.3 is 21.1 Å². The molecule has 6 heteroatoms. The van der Waals surface area contributed by atoms with Crippen molar-refractivity contribution in [2.45, 2.75) is 6.42 Å². The van der Waals surface area contributed by atoms with Gasteiger partial charge in [0.05, 0.1) is 22.9 Å². The number of halogens is 1. The number of nitrogen functional groups attached to an aromatic ring is 1. The fourth-order valence-electron chi connectivity index (χ4n) is 2.54. The molecular formula is C13H18ClN3O2. The Morgan fingerprint density at radius 2 is 2.32 bits per heavy atom. The number of rotatable bonds is 4. The number of carbonyl (C=O) groups is 1. The summed E-state index contributed by atoms with van der Waals surface area (Å²) >= 11 is 6.22. The first kappa shape index (κ1) is 14.0. The second-order valence-corrected chi connectivity index (χ2v) is 5.23. The summed E-state index contributed by atoms with van der Waals surface area (Å²) < 4.78 is 5.17. The summed E-state index contributed by atoms with van der Waals surface area (Å²) in [4.78, 5) is 13.6. The normalized spacial score (nSPS) is 18.8. The van der Waals surface area contributed by atoms with Crippen molar-refractivity contribution < 1.29 is 9.53 Å². The van der Waals surface area contributed by atoms with Crippen LogP contribution in [0.2, 0.25) is 5.02 Å². The van der Waals surface area contributed by atoms with Gasteiger partial charge >= 0.3 is 0 Å². The molecule has 1 aromatic carbocycles. The molecule has 1 saturated heterocycles. The van der Waals surface area contributed by atoms with Crippen LogP contribution in [0, 0.1) is 5.92 Å². The molecule has 1 aromatic rings. The number of carbonyl (C=O) groups excluding carboxylic acids is 1. The first-order valence-corrected chi connectivity index (χ1v) is 6.53. The van der Waals surface area contributed by atoms with Gasteiger partial charge in [-0.2, -0.15) is 0 Å². The van der Waals surface area contributed by atoms with Crippen LogP contribution in [0.25, 0.3) is 0 Å². The fourth-order valence-corrected chi connectivity index (χ4v) is 2.88. The van der Waals surface area contributed by atoms with E-state index in [9.17, 15) is 4.79 Å². The standard InChI is InChI=1S/C13H18ClN3O2/c1-19-7-8-2-3-17(6-8)12-10(13(16)18)4-9(15)5-11(12)14/h4-5,8H,2-3,6-7,15H2,1H3,(H2,16,18). The number of amides is 1. The molecule has 0 aliphatic carbocycles. The number of ether oxygens (including phenoxy) is 1. The molecular weight excluding hydrogens is 266 g/mol. The summed E-state index contributed by atoms with van der Waals surface area (Å²) in [5.74, 6) is -0.0706. The summed E-state index contributed by atoms with van der Waals surface area (Å²) in [5.41, 5.74) is 12.6. The molecule has 1 fully saturated rings. The average molecular weight is 284 g/mol. The van der Waals surface area contributed by atoms with Crippen molar-refractivity contribution in [2.75, 3.05) is 37.4 Å². The molecule has 1 amide bonds. The van der Waals surface area contributed by atoms with Crippen molar-refractivity contribution in [3.63, 3.8) is 0 Å². The number of primary amides is 1. The van der Waals surface area contributed by atoms with Gasteiger partial charge in [-0.25, -0.2) is 0 Å². The molecule has 0 aromatic heterocycles. The van der Waals surface area contributed by atoms with Gasteiger partial charge in [0.25, 0.3) is 5.91 Å². The Morgan fingerprint density at radius 1 is 1.58 bits per heavy atom. The van der Waals surface area contributed by atoms with Gasteiger partial charge in [0.1, 0.15) is 0 Å². The largest absolute Gasteiger partial charge is 0.399 e. The van der Waals surface area contributed by atoms with Crippen LogP contribution in [-0.4, -0.2) is 32.7 Å². The number of hydrogen-bond acceptors (Lipinski definition) is 4. The van der Waals surface area contributed by atoms with Crippen LogP contribution >= 0.6 is 11.6 Å². The molecule has 1 aliphatic heterocycles. The molecule has 1 unspecified atom stereocenters.